The van der Waals surface area contributed by atoms with Crippen molar-refractivity contribution in [3.8, 4) is 0 Å². The number of hydrogen-bond donors (Lipinski definition) is 1. The minimum absolute atomic E-state index is 0.449. The van der Waals surface area contributed by atoms with Crippen LogP contribution in [0.15, 0.2) is 18.2 Å². The van der Waals surface area contributed by atoms with E-state index in [1.54, 1.807) is 11.1 Å². The van der Waals surface area contributed by atoms with E-state index in [2.05, 4.69) is 32.0 Å². The predicted octanol–water partition coefficient (Wildman–Crippen LogP) is 4.58. The molecule has 0 atom stereocenters. The van der Waals surface area contributed by atoms with Crippen molar-refractivity contribution in [1.82, 2.24) is 0 Å². The molecule has 0 aliphatic heterocycles. The topological polar surface area (TPSA) is 26.0 Å². The molecule has 1 nitrogen and oxygen atoms in total. The quantitative estimate of drug-likeness (QED) is 0.823. The Hall–Kier alpha value is -0.820. The molecule has 1 aromatic rings. The van der Waals surface area contributed by atoms with Crippen LogP contribution >= 0.6 is 0 Å². The SMILES string of the molecule is CCCc1ccc(CCC)c(C2CCC(N)CC2)c1. The van der Waals surface area contributed by atoms with Gasteiger partial charge in [-0.25, -0.2) is 0 Å². The lowest BCUT2D eigenvalue weighted by atomic mass is 9.79. The number of rotatable bonds is 5. The predicted molar refractivity (Wildman–Crippen MR) is 83.6 cm³/mol. The number of nitrogens with two attached hydrogens (primary N) is 1. The Bertz CT molecular complexity index is 389. The van der Waals surface area contributed by atoms with Crippen molar-refractivity contribution < 1.29 is 0 Å². The summed E-state index contributed by atoms with van der Waals surface area (Å²) in [6.45, 7) is 4.54. The third-order valence-corrected chi connectivity index (χ3v) is 4.48. The molecule has 0 saturated heterocycles. The monoisotopic (exact) mass is 259 g/mol. The molecule has 0 bridgehead atoms. The van der Waals surface area contributed by atoms with Gasteiger partial charge in [0.1, 0.15) is 0 Å². The van der Waals surface area contributed by atoms with Crippen LogP contribution < -0.4 is 5.73 Å². The fourth-order valence-electron chi connectivity index (χ4n) is 3.40. The molecule has 0 aromatic heterocycles. The first-order valence-electron chi connectivity index (χ1n) is 8.11. The molecule has 0 radical (unpaired) electrons. The van der Waals surface area contributed by atoms with Gasteiger partial charge in [-0.15, -0.1) is 0 Å². The molecule has 0 unspecified atom stereocenters. The standard InChI is InChI=1S/C18H29N/c1-3-5-14-7-8-15(6-4-2)18(13-14)16-9-11-17(19)12-10-16/h7-8,13,16-17H,3-6,9-12,19H2,1-2H3. The molecular weight excluding hydrogens is 230 g/mol. The molecule has 2 N–H and O–H groups in total. The molecule has 1 fully saturated rings. The van der Waals surface area contributed by atoms with Crippen molar-refractivity contribution in [3.05, 3.63) is 34.9 Å². The molecular formula is C18H29N. The summed E-state index contributed by atoms with van der Waals surface area (Å²) in [6.07, 6.45) is 9.90. The second-order valence-electron chi connectivity index (χ2n) is 6.14. The zero-order chi connectivity index (χ0) is 13.7. The lowest BCUT2D eigenvalue weighted by Gasteiger charge is -2.28. The Morgan fingerprint density at radius 3 is 2.32 bits per heavy atom. The van der Waals surface area contributed by atoms with Gasteiger partial charge < -0.3 is 5.73 Å². The molecule has 19 heavy (non-hydrogen) atoms. The summed E-state index contributed by atoms with van der Waals surface area (Å²) in [6, 6.07) is 7.67. The normalized spacial score (nSPS) is 23.5. The van der Waals surface area contributed by atoms with Crippen LogP contribution in [0.1, 0.15) is 75.0 Å². The molecule has 1 aromatic carbocycles. The smallest absolute Gasteiger partial charge is 0.00392 e. The van der Waals surface area contributed by atoms with Gasteiger partial charge in [-0.1, -0.05) is 44.9 Å². The van der Waals surface area contributed by atoms with Crippen LogP contribution in [0.3, 0.4) is 0 Å². The highest BCUT2D eigenvalue weighted by Crippen LogP contribution is 2.35. The Labute approximate surface area is 118 Å². The fourth-order valence-corrected chi connectivity index (χ4v) is 3.40. The van der Waals surface area contributed by atoms with E-state index < -0.39 is 0 Å². The fraction of sp³-hybridized carbons (Fsp3) is 0.667. The third kappa shape index (κ3) is 3.82. The summed E-state index contributed by atoms with van der Waals surface area (Å²) in [5.41, 5.74) is 10.8. The van der Waals surface area contributed by atoms with Crippen LogP contribution in [0.4, 0.5) is 0 Å². The van der Waals surface area contributed by atoms with Crippen molar-refractivity contribution in [1.29, 1.82) is 0 Å². The van der Waals surface area contributed by atoms with Crippen LogP contribution in [-0.4, -0.2) is 6.04 Å². The minimum Gasteiger partial charge on any atom is -0.328 e. The summed E-state index contributed by atoms with van der Waals surface area (Å²) in [4.78, 5) is 0. The molecule has 1 saturated carbocycles. The highest BCUT2D eigenvalue weighted by Gasteiger charge is 2.22. The zero-order valence-corrected chi connectivity index (χ0v) is 12.6. The Morgan fingerprint density at radius 2 is 1.68 bits per heavy atom. The minimum atomic E-state index is 0.449. The Morgan fingerprint density at radius 1 is 1.00 bits per heavy atom. The van der Waals surface area contributed by atoms with Crippen molar-refractivity contribution in [2.24, 2.45) is 5.73 Å². The highest BCUT2D eigenvalue weighted by atomic mass is 14.6. The third-order valence-electron chi connectivity index (χ3n) is 4.48. The van der Waals surface area contributed by atoms with Gasteiger partial charge in [0, 0.05) is 6.04 Å². The van der Waals surface area contributed by atoms with Crippen LogP contribution in [0.2, 0.25) is 0 Å². The lowest BCUT2D eigenvalue weighted by molar-refractivity contribution is 0.394. The molecule has 0 amide bonds. The van der Waals surface area contributed by atoms with E-state index in [4.69, 9.17) is 5.73 Å². The van der Waals surface area contributed by atoms with Crippen molar-refractivity contribution in [2.45, 2.75) is 77.2 Å². The average molecular weight is 259 g/mol. The lowest BCUT2D eigenvalue weighted by Crippen LogP contribution is -2.26. The van der Waals surface area contributed by atoms with Gasteiger partial charge in [0.15, 0.2) is 0 Å². The van der Waals surface area contributed by atoms with Crippen LogP contribution in [0.5, 0.6) is 0 Å². The van der Waals surface area contributed by atoms with Crippen LogP contribution in [-0.2, 0) is 12.8 Å². The number of hydrogen-bond acceptors (Lipinski definition) is 1. The Kier molecular flexibility index (Phi) is 5.45. The van der Waals surface area contributed by atoms with Gasteiger partial charge in [0.05, 0.1) is 0 Å². The van der Waals surface area contributed by atoms with Crippen molar-refractivity contribution in [2.75, 3.05) is 0 Å². The average Bonchev–Trinajstić information content (AvgIpc) is 2.42. The first kappa shape index (κ1) is 14.6. The second kappa shape index (κ2) is 7.09. The van der Waals surface area contributed by atoms with E-state index in [0.717, 1.165) is 5.92 Å². The maximum Gasteiger partial charge on any atom is 0.00392 e. The highest BCUT2D eigenvalue weighted by molar-refractivity contribution is 5.35. The van der Waals surface area contributed by atoms with Gasteiger partial charge in [0.25, 0.3) is 0 Å². The van der Waals surface area contributed by atoms with E-state index in [-0.39, 0.29) is 0 Å². The van der Waals surface area contributed by atoms with E-state index in [0.29, 0.717) is 6.04 Å². The molecule has 0 heterocycles. The van der Waals surface area contributed by atoms with E-state index in [1.165, 1.54) is 56.9 Å². The second-order valence-corrected chi connectivity index (χ2v) is 6.14. The molecule has 1 heteroatoms. The number of aryl methyl sites for hydroxylation is 2. The molecule has 1 aliphatic rings. The first-order valence-corrected chi connectivity index (χ1v) is 8.11. The maximum atomic E-state index is 6.05. The molecule has 1 aliphatic carbocycles. The Balaban J connectivity index is 2.21. The maximum absolute atomic E-state index is 6.05. The number of benzene rings is 1. The largest absolute Gasteiger partial charge is 0.328 e. The van der Waals surface area contributed by atoms with E-state index >= 15 is 0 Å². The summed E-state index contributed by atoms with van der Waals surface area (Å²) >= 11 is 0. The van der Waals surface area contributed by atoms with E-state index in [1.807, 2.05) is 0 Å². The van der Waals surface area contributed by atoms with Gasteiger partial charge in [-0.2, -0.15) is 0 Å². The first-order chi connectivity index (χ1) is 9.24. The summed E-state index contributed by atoms with van der Waals surface area (Å²) in [5, 5.41) is 0. The van der Waals surface area contributed by atoms with E-state index in [9.17, 15) is 0 Å². The van der Waals surface area contributed by atoms with Gasteiger partial charge >= 0.3 is 0 Å². The van der Waals surface area contributed by atoms with Gasteiger partial charge in [0.2, 0.25) is 0 Å². The van der Waals surface area contributed by atoms with Gasteiger partial charge in [-0.3, -0.25) is 0 Å². The summed E-state index contributed by atoms with van der Waals surface area (Å²) < 4.78 is 0. The van der Waals surface area contributed by atoms with Crippen LogP contribution in [0, 0.1) is 0 Å². The molecule has 2 rings (SSSR count). The van der Waals surface area contributed by atoms with Crippen molar-refractivity contribution >= 4 is 0 Å². The summed E-state index contributed by atoms with van der Waals surface area (Å²) in [7, 11) is 0. The van der Waals surface area contributed by atoms with Crippen LogP contribution in [0.25, 0.3) is 0 Å². The van der Waals surface area contributed by atoms with Crippen molar-refractivity contribution in [3.63, 3.8) is 0 Å². The molecule has 106 valence electrons. The van der Waals surface area contributed by atoms with Gasteiger partial charge in [-0.05, 0) is 61.1 Å². The zero-order valence-electron chi connectivity index (χ0n) is 12.6. The molecule has 0 spiro atoms. The summed E-state index contributed by atoms with van der Waals surface area (Å²) in [5.74, 6) is 0.762.